The van der Waals surface area contributed by atoms with Crippen LogP contribution in [0.3, 0.4) is 0 Å². The molecule has 0 aliphatic rings. The molecule has 1 rings (SSSR count). The van der Waals surface area contributed by atoms with E-state index in [0.717, 1.165) is 0 Å². The average Bonchev–Trinajstić information content (AvgIpc) is 2.25. The highest BCUT2D eigenvalue weighted by Gasteiger charge is 2.19. The van der Waals surface area contributed by atoms with Gasteiger partial charge in [-0.15, -0.1) is 0 Å². The van der Waals surface area contributed by atoms with Crippen LogP contribution in [0.4, 0.5) is 5.69 Å². The van der Waals surface area contributed by atoms with E-state index < -0.39 is 9.84 Å². The van der Waals surface area contributed by atoms with E-state index in [1.807, 2.05) is 0 Å². The fourth-order valence-corrected chi connectivity index (χ4v) is 3.76. The summed E-state index contributed by atoms with van der Waals surface area (Å²) in [5.74, 6) is -0.433. The molecule has 0 radical (unpaired) electrons. The molecule has 0 spiro atoms. The van der Waals surface area contributed by atoms with E-state index in [4.69, 9.17) is 5.73 Å². The van der Waals surface area contributed by atoms with Crippen molar-refractivity contribution in [2.24, 2.45) is 0 Å². The molecule has 0 fully saturated rings. The molecule has 7 heteroatoms. The number of benzene rings is 1. The van der Waals surface area contributed by atoms with E-state index >= 15 is 0 Å². The Morgan fingerprint density at radius 1 is 1.39 bits per heavy atom. The van der Waals surface area contributed by atoms with Crippen LogP contribution in [-0.2, 0) is 14.6 Å². The van der Waals surface area contributed by atoms with Gasteiger partial charge in [-0.3, -0.25) is 4.79 Å². The first-order chi connectivity index (χ1) is 8.24. The zero-order chi connectivity index (χ0) is 13.9. The van der Waals surface area contributed by atoms with Gasteiger partial charge in [0.2, 0.25) is 5.91 Å². The van der Waals surface area contributed by atoms with Gasteiger partial charge in [0.05, 0.1) is 10.6 Å². The van der Waals surface area contributed by atoms with Gasteiger partial charge >= 0.3 is 0 Å². The Hall–Kier alpha value is -1.08. The van der Waals surface area contributed by atoms with Crippen LogP contribution in [-0.4, -0.2) is 39.1 Å². The van der Waals surface area contributed by atoms with Crippen LogP contribution >= 0.6 is 15.9 Å². The van der Waals surface area contributed by atoms with E-state index in [1.54, 1.807) is 14.1 Å². The molecule has 0 bridgehead atoms. The molecule has 100 valence electrons. The topological polar surface area (TPSA) is 80.5 Å². The van der Waals surface area contributed by atoms with Gasteiger partial charge in [-0.2, -0.15) is 0 Å². The normalized spacial score (nSPS) is 11.3. The highest BCUT2D eigenvalue weighted by Crippen LogP contribution is 2.25. The molecule has 18 heavy (non-hydrogen) atoms. The number of sulfone groups is 1. The third-order valence-corrected chi connectivity index (χ3v) is 5.06. The molecule has 0 atom stereocenters. The predicted molar refractivity (Wildman–Crippen MR) is 73.9 cm³/mol. The van der Waals surface area contributed by atoms with Crippen molar-refractivity contribution >= 4 is 37.4 Å². The number of amides is 1. The standard InChI is InChI=1S/C11H15BrN2O3S/c1-14(2)11(15)5-6-18(16,17)10-4-3-8(13)7-9(10)12/h3-4,7H,5-6,13H2,1-2H3. The Morgan fingerprint density at radius 3 is 2.50 bits per heavy atom. The minimum Gasteiger partial charge on any atom is -0.399 e. The van der Waals surface area contributed by atoms with Crippen LogP contribution in [0.2, 0.25) is 0 Å². The number of carbonyl (C=O) groups excluding carboxylic acids is 1. The Morgan fingerprint density at radius 2 is 2.00 bits per heavy atom. The lowest BCUT2D eigenvalue weighted by Crippen LogP contribution is -2.24. The maximum Gasteiger partial charge on any atom is 0.223 e. The molecule has 0 saturated carbocycles. The molecule has 1 aromatic rings. The number of nitrogens with two attached hydrogens (primary N) is 1. The van der Waals surface area contributed by atoms with E-state index in [1.165, 1.54) is 23.1 Å². The van der Waals surface area contributed by atoms with Gasteiger partial charge in [0, 0.05) is 30.7 Å². The summed E-state index contributed by atoms with van der Waals surface area (Å²) in [5.41, 5.74) is 6.02. The number of rotatable bonds is 4. The molecular weight excluding hydrogens is 320 g/mol. The van der Waals surface area contributed by atoms with Crippen LogP contribution in [0.1, 0.15) is 6.42 Å². The van der Waals surface area contributed by atoms with Crippen molar-refractivity contribution in [1.82, 2.24) is 4.90 Å². The van der Waals surface area contributed by atoms with Crippen LogP contribution in [0.15, 0.2) is 27.6 Å². The van der Waals surface area contributed by atoms with E-state index in [-0.39, 0.29) is 23.0 Å². The predicted octanol–water partition coefficient (Wildman–Crippen LogP) is 1.28. The van der Waals surface area contributed by atoms with Gasteiger partial charge in [-0.25, -0.2) is 8.42 Å². The van der Waals surface area contributed by atoms with Crippen molar-refractivity contribution in [3.8, 4) is 0 Å². The zero-order valence-corrected chi connectivity index (χ0v) is 12.6. The van der Waals surface area contributed by atoms with Gasteiger partial charge in [0.15, 0.2) is 9.84 Å². The van der Waals surface area contributed by atoms with Crippen molar-refractivity contribution in [1.29, 1.82) is 0 Å². The minimum atomic E-state index is -3.49. The highest BCUT2D eigenvalue weighted by atomic mass is 79.9. The Kier molecular flexibility index (Phi) is 4.75. The first kappa shape index (κ1) is 15.0. The number of nitrogen functional groups attached to an aromatic ring is 1. The molecule has 2 N–H and O–H groups in total. The highest BCUT2D eigenvalue weighted by molar-refractivity contribution is 9.10. The van der Waals surface area contributed by atoms with E-state index in [0.29, 0.717) is 10.2 Å². The maximum atomic E-state index is 12.0. The summed E-state index contributed by atoms with van der Waals surface area (Å²) in [4.78, 5) is 12.9. The molecule has 0 heterocycles. The van der Waals surface area contributed by atoms with Gasteiger partial charge in [0.1, 0.15) is 0 Å². The molecule has 1 amide bonds. The molecule has 5 nitrogen and oxygen atoms in total. The van der Waals surface area contributed by atoms with Gasteiger partial charge in [-0.1, -0.05) is 0 Å². The first-order valence-corrected chi connectivity index (χ1v) is 7.66. The number of hydrogen-bond donors (Lipinski definition) is 1. The second-order valence-electron chi connectivity index (χ2n) is 4.05. The molecule has 0 saturated heterocycles. The van der Waals surface area contributed by atoms with Crippen molar-refractivity contribution < 1.29 is 13.2 Å². The van der Waals surface area contributed by atoms with Crippen molar-refractivity contribution in [3.05, 3.63) is 22.7 Å². The molecule has 0 aliphatic heterocycles. The summed E-state index contributed by atoms with van der Waals surface area (Å²) in [6, 6.07) is 4.49. The molecule has 0 aromatic heterocycles. The SMILES string of the molecule is CN(C)C(=O)CCS(=O)(=O)c1ccc(N)cc1Br. The summed E-state index contributed by atoms with van der Waals surface area (Å²) >= 11 is 3.16. The lowest BCUT2D eigenvalue weighted by Gasteiger charge is -2.11. The van der Waals surface area contributed by atoms with Gasteiger partial charge in [0.25, 0.3) is 0 Å². The third kappa shape index (κ3) is 3.71. The maximum absolute atomic E-state index is 12.0. The molecule has 1 aromatic carbocycles. The van der Waals surface area contributed by atoms with Gasteiger partial charge < -0.3 is 10.6 Å². The first-order valence-electron chi connectivity index (χ1n) is 5.22. The minimum absolute atomic E-state index is 0.0356. The zero-order valence-electron chi connectivity index (χ0n) is 10.2. The van der Waals surface area contributed by atoms with Crippen LogP contribution < -0.4 is 5.73 Å². The summed E-state index contributed by atoms with van der Waals surface area (Å²) in [6.45, 7) is 0. The molecule has 0 unspecified atom stereocenters. The summed E-state index contributed by atoms with van der Waals surface area (Å²) in [6.07, 6.45) is -0.0356. The average molecular weight is 335 g/mol. The lowest BCUT2D eigenvalue weighted by molar-refractivity contribution is -0.128. The fraction of sp³-hybridized carbons (Fsp3) is 0.364. The molecular formula is C11H15BrN2O3S. The van der Waals surface area contributed by atoms with Crippen LogP contribution in [0.25, 0.3) is 0 Å². The molecule has 0 aliphatic carbocycles. The summed E-state index contributed by atoms with van der Waals surface area (Å²) in [5, 5.41) is 0. The van der Waals surface area contributed by atoms with Crippen molar-refractivity contribution in [2.45, 2.75) is 11.3 Å². The number of anilines is 1. The monoisotopic (exact) mass is 334 g/mol. The number of halogens is 1. The van der Waals surface area contributed by atoms with E-state index in [2.05, 4.69) is 15.9 Å². The van der Waals surface area contributed by atoms with Gasteiger partial charge in [-0.05, 0) is 34.1 Å². The van der Waals surface area contributed by atoms with Crippen molar-refractivity contribution in [3.63, 3.8) is 0 Å². The Labute approximate surface area is 115 Å². The van der Waals surface area contributed by atoms with Crippen LogP contribution in [0, 0.1) is 0 Å². The Balaban J connectivity index is 2.90. The lowest BCUT2D eigenvalue weighted by atomic mass is 10.3. The number of hydrogen-bond acceptors (Lipinski definition) is 4. The second-order valence-corrected chi connectivity index (χ2v) is 6.98. The smallest absolute Gasteiger partial charge is 0.223 e. The third-order valence-electron chi connectivity index (χ3n) is 2.37. The van der Waals surface area contributed by atoms with Crippen LogP contribution in [0.5, 0.6) is 0 Å². The van der Waals surface area contributed by atoms with E-state index in [9.17, 15) is 13.2 Å². The quantitative estimate of drug-likeness (QED) is 0.841. The largest absolute Gasteiger partial charge is 0.399 e. The summed E-state index contributed by atoms with van der Waals surface area (Å²) < 4.78 is 24.5. The fourth-order valence-electron chi connectivity index (χ4n) is 1.32. The Bertz CT molecular complexity index is 555. The number of nitrogens with zero attached hydrogens (tertiary/aromatic N) is 1. The summed E-state index contributed by atoms with van der Waals surface area (Å²) in [7, 11) is -0.304. The second kappa shape index (κ2) is 5.71. The number of carbonyl (C=O) groups is 1. The van der Waals surface area contributed by atoms with Crippen molar-refractivity contribution in [2.75, 3.05) is 25.6 Å².